The molecule has 8 heteroatoms. The minimum absolute atomic E-state index is 0.0943. The van der Waals surface area contributed by atoms with Crippen molar-refractivity contribution in [2.45, 2.75) is 25.7 Å². The van der Waals surface area contributed by atoms with E-state index in [4.69, 9.17) is 4.99 Å². The van der Waals surface area contributed by atoms with Crippen molar-refractivity contribution in [2.75, 3.05) is 23.9 Å². The van der Waals surface area contributed by atoms with Gasteiger partial charge in [0.05, 0.1) is 35.0 Å². The largest absolute Gasteiger partial charge is 0.355 e. The number of carbonyl (C=O) groups excluding carboxylic acids is 1. The average molecular weight is 528 g/mol. The van der Waals surface area contributed by atoms with E-state index in [2.05, 4.69) is 61.5 Å². The quantitative estimate of drug-likeness (QED) is 0.289. The molecule has 1 saturated carbocycles. The number of aromatic nitrogens is 4. The number of amides is 1. The second-order valence-electron chi connectivity index (χ2n) is 10.6. The Kier molecular flexibility index (Phi) is 6.07. The van der Waals surface area contributed by atoms with E-state index in [0.717, 1.165) is 87.2 Å². The van der Waals surface area contributed by atoms with Gasteiger partial charge in [-0.25, -0.2) is 0 Å². The molecule has 0 atom stereocenters. The van der Waals surface area contributed by atoms with Gasteiger partial charge in [-0.1, -0.05) is 25.0 Å². The lowest BCUT2D eigenvalue weighted by atomic mass is 9.97. The molecule has 0 spiro atoms. The zero-order valence-corrected chi connectivity index (χ0v) is 22.3. The summed E-state index contributed by atoms with van der Waals surface area (Å²) in [5.74, 6) is 0.198. The predicted molar refractivity (Wildman–Crippen MR) is 158 cm³/mol. The lowest BCUT2D eigenvalue weighted by molar-refractivity contribution is -0.119. The predicted octanol–water partition coefficient (Wildman–Crippen LogP) is 6.06. The van der Waals surface area contributed by atoms with Crippen LogP contribution in [0.3, 0.4) is 0 Å². The second-order valence-corrected chi connectivity index (χ2v) is 10.6. The van der Waals surface area contributed by atoms with Gasteiger partial charge < -0.3 is 15.2 Å². The molecular formula is C32H29N7O. The molecular weight excluding hydrogens is 498 g/mol. The van der Waals surface area contributed by atoms with Gasteiger partial charge in [-0.05, 0) is 48.7 Å². The number of H-pyrrole nitrogens is 1. The first kappa shape index (κ1) is 24.2. The van der Waals surface area contributed by atoms with E-state index in [1.165, 1.54) is 0 Å². The number of anilines is 2. The number of carbonyl (C=O) groups is 1. The van der Waals surface area contributed by atoms with Crippen LogP contribution in [-0.4, -0.2) is 45.3 Å². The van der Waals surface area contributed by atoms with Crippen molar-refractivity contribution in [2.24, 2.45) is 10.9 Å². The van der Waals surface area contributed by atoms with Gasteiger partial charge in [0.2, 0.25) is 5.91 Å². The van der Waals surface area contributed by atoms with Crippen LogP contribution < -0.4 is 10.2 Å². The summed E-state index contributed by atoms with van der Waals surface area (Å²) in [7, 11) is 2.05. The van der Waals surface area contributed by atoms with Crippen LogP contribution in [0.15, 0.2) is 84.6 Å². The molecule has 0 bridgehead atoms. The first-order valence-corrected chi connectivity index (χ1v) is 13.7. The monoisotopic (exact) mass is 527 g/mol. The number of nitrogens with one attached hydrogen (secondary N) is 2. The van der Waals surface area contributed by atoms with Crippen LogP contribution in [0.5, 0.6) is 0 Å². The first-order valence-electron chi connectivity index (χ1n) is 13.7. The number of hydrogen-bond donors (Lipinski definition) is 2. The molecule has 1 aliphatic heterocycles. The third-order valence-electron chi connectivity index (χ3n) is 7.94. The van der Waals surface area contributed by atoms with Crippen molar-refractivity contribution < 1.29 is 4.79 Å². The minimum Gasteiger partial charge on any atom is -0.355 e. The van der Waals surface area contributed by atoms with E-state index in [-0.39, 0.29) is 11.8 Å². The Hall–Kier alpha value is -4.85. The maximum absolute atomic E-state index is 12.7. The molecule has 0 radical (unpaired) electrons. The summed E-state index contributed by atoms with van der Waals surface area (Å²) in [5.41, 5.74) is 9.67. The molecule has 1 aromatic carbocycles. The summed E-state index contributed by atoms with van der Waals surface area (Å²) < 4.78 is 0. The molecule has 198 valence electrons. The van der Waals surface area contributed by atoms with Gasteiger partial charge in [0.25, 0.3) is 0 Å². The molecule has 5 aromatic rings. The highest BCUT2D eigenvalue weighted by Gasteiger charge is 2.24. The third-order valence-corrected chi connectivity index (χ3v) is 7.94. The molecule has 4 aromatic heterocycles. The smallest absolute Gasteiger partial charge is 0.227 e. The molecule has 2 N–H and O–H groups in total. The van der Waals surface area contributed by atoms with Crippen molar-refractivity contribution in [3.63, 3.8) is 0 Å². The Morgan fingerprint density at radius 1 is 0.900 bits per heavy atom. The highest BCUT2D eigenvalue weighted by molar-refractivity contribution is 6.18. The van der Waals surface area contributed by atoms with E-state index < -0.39 is 0 Å². The number of pyridine rings is 3. The maximum atomic E-state index is 12.7. The van der Waals surface area contributed by atoms with Gasteiger partial charge in [0.15, 0.2) is 0 Å². The standard InChI is InChI=1S/C32H29N7O/c1-39-19-36-31(28-13-25-27(17-35-18-29(25)38-28)22-7-4-10-33-14-22)26-12-21(8-9-30(26)39)23-11-24(16-34-15-23)37-32(40)20-5-2-3-6-20/h4,7-18,20,38H,2-3,5-6,19H2,1H3,(H,37,40). The molecule has 8 nitrogen and oxygen atoms in total. The molecule has 5 heterocycles. The van der Waals surface area contributed by atoms with Crippen LogP contribution in [-0.2, 0) is 4.79 Å². The van der Waals surface area contributed by atoms with E-state index in [1.54, 1.807) is 12.4 Å². The molecule has 1 fully saturated rings. The summed E-state index contributed by atoms with van der Waals surface area (Å²) in [6.45, 7) is 0.564. The van der Waals surface area contributed by atoms with Gasteiger partial charge in [0, 0.05) is 71.1 Å². The van der Waals surface area contributed by atoms with Gasteiger partial charge in [-0.15, -0.1) is 0 Å². The van der Waals surface area contributed by atoms with E-state index in [0.29, 0.717) is 6.67 Å². The van der Waals surface area contributed by atoms with Gasteiger partial charge >= 0.3 is 0 Å². The minimum atomic E-state index is 0.0943. The lowest BCUT2D eigenvalue weighted by Gasteiger charge is -2.27. The zero-order chi connectivity index (χ0) is 27.1. The number of benzene rings is 1. The lowest BCUT2D eigenvalue weighted by Crippen LogP contribution is -2.26. The summed E-state index contributed by atoms with van der Waals surface area (Å²) in [4.78, 5) is 36.6. The van der Waals surface area contributed by atoms with Crippen molar-refractivity contribution in [3.05, 3.63) is 90.9 Å². The van der Waals surface area contributed by atoms with Crippen LogP contribution >= 0.6 is 0 Å². The molecule has 7 rings (SSSR count). The zero-order valence-electron chi connectivity index (χ0n) is 22.3. The van der Waals surface area contributed by atoms with Gasteiger partial charge in [-0.3, -0.25) is 24.7 Å². The fourth-order valence-corrected chi connectivity index (χ4v) is 5.84. The first-order chi connectivity index (χ1) is 19.6. The van der Waals surface area contributed by atoms with Crippen molar-refractivity contribution in [1.29, 1.82) is 0 Å². The number of hydrogen-bond acceptors (Lipinski definition) is 6. The van der Waals surface area contributed by atoms with E-state index >= 15 is 0 Å². The number of rotatable bonds is 5. The molecule has 0 saturated heterocycles. The van der Waals surface area contributed by atoms with Gasteiger partial charge in [-0.2, -0.15) is 0 Å². The van der Waals surface area contributed by atoms with Gasteiger partial charge in [0.1, 0.15) is 6.67 Å². The topological polar surface area (TPSA) is 99.2 Å². The normalized spacial score (nSPS) is 15.2. The second kappa shape index (κ2) is 10.0. The van der Waals surface area contributed by atoms with Crippen LogP contribution in [0.1, 0.15) is 36.9 Å². The summed E-state index contributed by atoms with van der Waals surface area (Å²) >= 11 is 0. The Balaban J connectivity index is 1.25. The summed E-state index contributed by atoms with van der Waals surface area (Å²) in [6, 6.07) is 14.5. The van der Waals surface area contributed by atoms with E-state index in [9.17, 15) is 4.79 Å². The van der Waals surface area contributed by atoms with E-state index in [1.807, 2.05) is 43.0 Å². The Morgan fingerprint density at radius 3 is 2.60 bits per heavy atom. The number of aliphatic imine (C=N–C) groups is 1. The highest BCUT2D eigenvalue weighted by atomic mass is 16.1. The van der Waals surface area contributed by atoms with Crippen LogP contribution in [0, 0.1) is 5.92 Å². The molecule has 0 unspecified atom stereocenters. The number of aromatic amines is 1. The van der Waals surface area contributed by atoms with Crippen molar-refractivity contribution >= 4 is 33.9 Å². The fourth-order valence-electron chi connectivity index (χ4n) is 5.84. The average Bonchev–Trinajstić information content (AvgIpc) is 3.69. The van der Waals surface area contributed by atoms with Crippen LogP contribution in [0.2, 0.25) is 0 Å². The number of fused-ring (bicyclic) bond motifs is 2. The van der Waals surface area contributed by atoms with Crippen LogP contribution in [0.4, 0.5) is 11.4 Å². The van der Waals surface area contributed by atoms with Crippen LogP contribution in [0.25, 0.3) is 33.2 Å². The van der Waals surface area contributed by atoms with Crippen molar-refractivity contribution in [1.82, 2.24) is 19.9 Å². The fraction of sp³-hybridized carbons (Fsp3) is 0.219. The molecule has 2 aliphatic rings. The number of nitrogens with zero attached hydrogens (tertiary/aromatic N) is 5. The molecule has 40 heavy (non-hydrogen) atoms. The molecule has 1 amide bonds. The highest BCUT2D eigenvalue weighted by Crippen LogP contribution is 2.34. The SMILES string of the molecule is CN1CN=C(c2cc3c(-c4cccnc4)cncc3[nH]2)c2cc(-c3cncc(NC(=O)C4CCCC4)c3)ccc21. The Bertz CT molecular complexity index is 1750. The molecule has 1 aliphatic carbocycles. The maximum Gasteiger partial charge on any atom is 0.227 e. The summed E-state index contributed by atoms with van der Waals surface area (Å²) in [6.07, 6.45) is 15.1. The Morgan fingerprint density at radius 2 is 1.75 bits per heavy atom. The van der Waals surface area contributed by atoms with Crippen molar-refractivity contribution in [3.8, 4) is 22.3 Å². The Labute approximate surface area is 232 Å². The summed E-state index contributed by atoms with van der Waals surface area (Å²) in [5, 5.41) is 4.16. The third kappa shape index (κ3) is 4.41.